The van der Waals surface area contributed by atoms with Gasteiger partial charge < -0.3 is 26.2 Å². The third kappa shape index (κ3) is 5.59. The number of rotatable bonds is 7. The van der Waals surface area contributed by atoms with Crippen LogP contribution in [0.2, 0.25) is 0 Å². The van der Waals surface area contributed by atoms with Crippen molar-refractivity contribution < 1.29 is 30.9 Å². The Bertz CT molecular complexity index is 1160. The predicted molar refractivity (Wildman–Crippen MR) is 136 cm³/mol. The van der Waals surface area contributed by atoms with Crippen LogP contribution in [0.4, 0.5) is 0 Å². The van der Waals surface area contributed by atoms with Gasteiger partial charge >= 0.3 is 5.97 Å². The van der Waals surface area contributed by atoms with Gasteiger partial charge in [-0.2, -0.15) is 4.98 Å². The summed E-state index contributed by atoms with van der Waals surface area (Å²) in [6, 6.07) is 19.7. The molecule has 2 bridgehead atoms. The Kier molecular flexibility index (Phi) is 7.93. The number of esters is 1. The molecule has 1 aromatic heterocycles. The van der Waals surface area contributed by atoms with Crippen molar-refractivity contribution in [3.8, 4) is 11.5 Å². The Hall–Kier alpha value is -2.74. The maximum Gasteiger partial charge on any atom is 0.328 e. The smallest absolute Gasteiger partial charge is 0.328 e. The minimum atomic E-state index is -0.318. The van der Waals surface area contributed by atoms with Crippen molar-refractivity contribution in [3.05, 3.63) is 72.1 Å². The molecule has 196 valence electrons. The van der Waals surface area contributed by atoms with Crippen LogP contribution in [0.15, 0.2) is 65.2 Å². The minimum absolute atomic E-state index is 0. The number of piperidine rings is 4. The van der Waals surface area contributed by atoms with Crippen LogP contribution in [-0.4, -0.2) is 64.3 Å². The highest BCUT2D eigenvalue weighted by atomic mass is 35.5. The standard InChI is InChI=1S/C29H35N4O3.ClH/c34-29(27(23-10-4-1-5-11-23)32-16-8-3-9-17-32)35-25-20-33(18-14-22(25)15-19-33)21-26-30-28(36-31-26)24-12-6-2-7-13-24;/h1-2,4-7,10-13,22,25,27H,3,8-9,14-21H2;1H/q+1;/p-1/t22?,25-,27?,33?;/m0./s1. The summed E-state index contributed by atoms with van der Waals surface area (Å²) in [6.45, 7) is 5.58. The highest BCUT2D eigenvalue weighted by Gasteiger charge is 2.49. The van der Waals surface area contributed by atoms with Gasteiger partial charge in [-0.25, -0.2) is 4.79 Å². The van der Waals surface area contributed by atoms with E-state index in [0.29, 0.717) is 18.4 Å². The van der Waals surface area contributed by atoms with Crippen LogP contribution in [0.1, 0.15) is 49.5 Å². The van der Waals surface area contributed by atoms with Gasteiger partial charge in [-0.1, -0.05) is 60.1 Å². The molecule has 0 saturated carbocycles. The van der Waals surface area contributed by atoms with Crippen molar-refractivity contribution in [2.75, 3.05) is 32.7 Å². The van der Waals surface area contributed by atoms with Crippen LogP contribution in [-0.2, 0) is 16.1 Å². The highest BCUT2D eigenvalue weighted by molar-refractivity contribution is 5.78. The summed E-state index contributed by atoms with van der Waals surface area (Å²) in [5.41, 5.74) is 1.97. The molecule has 0 amide bonds. The van der Waals surface area contributed by atoms with Gasteiger partial charge in [0, 0.05) is 24.3 Å². The number of quaternary nitrogens is 1. The van der Waals surface area contributed by atoms with Crippen LogP contribution in [0.5, 0.6) is 0 Å². The molecular formula is C29H35ClN4O3. The van der Waals surface area contributed by atoms with E-state index in [1.807, 2.05) is 48.5 Å². The van der Waals surface area contributed by atoms with E-state index in [1.165, 1.54) is 6.42 Å². The number of ether oxygens (including phenoxy) is 1. The van der Waals surface area contributed by atoms with Gasteiger partial charge in [0.1, 0.15) is 19.1 Å². The summed E-state index contributed by atoms with van der Waals surface area (Å²) in [5.74, 6) is 1.64. The summed E-state index contributed by atoms with van der Waals surface area (Å²) < 4.78 is 12.8. The summed E-state index contributed by atoms with van der Waals surface area (Å²) in [7, 11) is 0. The fourth-order valence-corrected chi connectivity index (χ4v) is 6.41. The lowest BCUT2D eigenvalue weighted by Gasteiger charge is -2.51. The van der Waals surface area contributed by atoms with E-state index in [1.54, 1.807) is 0 Å². The molecule has 4 aliphatic rings. The molecule has 7 rings (SSSR count). The third-order valence-electron chi connectivity index (χ3n) is 8.37. The molecule has 0 radical (unpaired) electrons. The normalized spacial score (nSPS) is 26.3. The van der Waals surface area contributed by atoms with E-state index in [0.717, 1.165) is 79.8 Å². The largest absolute Gasteiger partial charge is 1.00 e. The lowest BCUT2D eigenvalue weighted by atomic mass is 9.83. The van der Waals surface area contributed by atoms with Crippen molar-refractivity contribution in [1.29, 1.82) is 0 Å². The molecule has 4 saturated heterocycles. The van der Waals surface area contributed by atoms with Gasteiger partial charge in [0.05, 0.1) is 13.1 Å². The molecule has 7 nitrogen and oxygen atoms in total. The Morgan fingerprint density at radius 3 is 2.38 bits per heavy atom. The summed E-state index contributed by atoms with van der Waals surface area (Å²) in [5, 5.41) is 4.30. The number of aromatic nitrogens is 2. The zero-order valence-electron chi connectivity index (χ0n) is 21.2. The van der Waals surface area contributed by atoms with Crippen molar-refractivity contribution in [2.45, 2.75) is 50.8 Å². The molecule has 5 heterocycles. The first-order valence-electron chi connectivity index (χ1n) is 13.4. The van der Waals surface area contributed by atoms with Crippen LogP contribution in [0.25, 0.3) is 11.5 Å². The molecule has 37 heavy (non-hydrogen) atoms. The average Bonchev–Trinajstić information content (AvgIpc) is 3.39. The number of hydrogen-bond acceptors (Lipinski definition) is 6. The molecular weight excluding hydrogens is 488 g/mol. The van der Waals surface area contributed by atoms with Gasteiger partial charge in [0.15, 0.2) is 6.10 Å². The third-order valence-corrected chi connectivity index (χ3v) is 8.37. The molecule has 0 N–H and O–H groups in total. The quantitative estimate of drug-likeness (QED) is 0.347. The number of nitrogens with zero attached hydrogens (tertiary/aromatic N) is 4. The second-order valence-electron chi connectivity index (χ2n) is 10.7. The molecule has 1 unspecified atom stereocenters. The molecule has 2 atom stereocenters. The van der Waals surface area contributed by atoms with E-state index < -0.39 is 0 Å². The summed E-state index contributed by atoms with van der Waals surface area (Å²) >= 11 is 0. The summed E-state index contributed by atoms with van der Waals surface area (Å²) in [6.07, 6.45) is 5.59. The molecule has 4 fully saturated rings. The lowest BCUT2D eigenvalue weighted by Crippen LogP contribution is -3.00. The SMILES string of the molecule is O=C(O[C@H]1C[N+]2(Cc3noc(-c4ccccc4)n3)CCC1CC2)C(c1ccccc1)N1CCCCC1.[Cl-]. The average molecular weight is 523 g/mol. The minimum Gasteiger partial charge on any atom is -1.00 e. The van der Waals surface area contributed by atoms with E-state index in [-0.39, 0.29) is 30.5 Å². The monoisotopic (exact) mass is 522 g/mol. The Labute approximate surface area is 224 Å². The van der Waals surface area contributed by atoms with Gasteiger partial charge in [0.25, 0.3) is 5.89 Å². The number of hydrogen-bond donors (Lipinski definition) is 0. The maximum atomic E-state index is 13.7. The van der Waals surface area contributed by atoms with Crippen LogP contribution < -0.4 is 12.4 Å². The number of halogens is 1. The molecule has 3 aromatic rings. The highest BCUT2D eigenvalue weighted by Crippen LogP contribution is 2.38. The maximum absolute atomic E-state index is 13.7. The topological polar surface area (TPSA) is 68.5 Å². The van der Waals surface area contributed by atoms with E-state index >= 15 is 0 Å². The van der Waals surface area contributed by atoms with Crippen LogP contribution >= 0.6 is 0 Å². The number of likely N-dealkylation sites (tertiary alicyclic amines) is 1. The molecule has 2 aromatic carbocycles. The van der Waals surface area contributed by atoms with E-state index in [2.05, 4.69) is 22.2 Å². The van der Waals surface area contributed by atoms with Crippen molar-refractivity contribution in [1.82, 2.24) is 15.0 Å². The van der Waals surface area contributed by atoms with E-state index in [9.17, 15) is 4.79 Å². The van der Waals surface area contributed by atoms with Gasteiger partial charge in [-0.15, -0.1) is 0 Å². The van der Waals surface area contributed by atoms with Crippen LogP contribution in [0.3, 0.4) is 0 Å². The number of carbonyl (C=O) groups is 1. The molecule has 4 aliphatic heterocycles. The van der Waals surface area contributed by atoms with Crippen LogP contribution in [0, 0.1) is 5.92 Å². The first-order chi connectivity index (χ1) is 17.7. The van der Waals surface area contributed by atoms with Gasteiger partial charge in [0.2, 0.25) is 5.82 Å². The first-order valence-corrected chi connectivity index (χ1v) is 13.4. The number of benzene rings is 2. The van der Waals surface area contributed by atoms with Crippen molar-refractivity contribution in [3.63, 3.8) is 0 Å². The van der Waals surface area contributed by atoms with Crippen molar-refractivity contribution >= 4 is 5.97 Å². The second-order valence-corrected chi connectivity index (χ2v) is 10.7. The Balaban J connectivity index is 0.00000280. The zero-order chi connectivity index (χ0) is 24.4. The Morgan fingerprint density at radius 2 is 1.68 bits per heavy atom. The fourth-order valence-electron chi connectivity index (χ4n) is 6.41. The number of carbonyl (C=O) groups excluding carboxylic acids is 1. The molecule has 8 heteroatoms. The lowest BCUT2D eigenvalue weighted by molar-refractivity contribution is -0.958. The van der Waals surface area contributed by atoms with E-state index in [4.69, 9.17) is 14.2 Å². The number of fused-ring (bicyclic) bond motifs is 3. The second kappa shape index (κ2) is 11.3. The predicted octanol–water partition coefficient (Wildman–Crippen LogP) is 1.62. The molecule has 0 aliphatic carbocycles. The molecule has 0 spiro atoms. The zero-order valence-corrected chi connectivity index (χ0v) is 21.9. The Morgan fingerprint density at radius 1 is 1.00 bits per heavy atom. The van der Waals surface area contributed by atoms with Crippen molar-refractivity contribution in [2.24, 2.45) is 5.92 Å². The van der Waals surface area contributed by atoms with Gasteiger partial charge in [-0.05, 0) is 43.6 Å². The first kappa shape index (κ1) is 25.9. The summed E-state index contributed by atoms with van der Waals surface area (Å²) in [4.78, 5) is 20.7. The fraction of sp³-hybridized carbons (Fsp3) is 0.483. The van der Waals surface area contributed by atoms with Gasteiger partial charge in [-0.3, -0.25) is 4.90 Å².